The molecular weight excluding hydrogens is 260 g/mol. The third-order valence-corrected chi connectivity index (χ3v) is 4.25. The van der Waals surface area contributed by atoms with Gasteiger partial charge >= 0.3 is 0 Å². The van der Waals surface area contributed by atoms with Crippen molar-refractivity contribution in [3.8, 4) is 0 Å². The van der Waals surface area contributed by atoms with Gasteiger partial charge in [0.05, 0.1) is 0 Å². The van der Waals surface area contributed by atoms with Gasteiger partial charge in [0.2, 0.25) is 0 Å². The third kappa shape index (κ3) is 3.54. The number of thiophene rings is 1. The second kappa shape index (κ2) is 5.66. The van der Waals surface area contributed by atoms with Gasteiger partial charge in [-0.3, -0.25) is 4.79 Å². The first kappa shape index (κ1) is 11.9. The molecular formula is C11H15BrOS. The van der Waals surface area contributed by atoms with E-state index in [2.05, 4.69) is 29.8 Å². The quantitative estimate of drug-likeness (QED) is 0.792. The second-order valence-electron chi connectivity index (χ2n) is 3.62. The molecule has 1 heterocycles. The lowest BCUT2D eigenvalue weighted by Crippen LogP contribution is -2.07. The van der Waals surface area contributed by atoms with E-state index in [1.165, 1.54) is 0 Å². The molecule has 0 saturated heterocycles. The van der Waals surface area contributed by atoms with Crippen molar-refractivity contribution in [1.82, 2.24) is 0 Å². The van der Waals surface area contributed by atoms with Crippen molar-refractivity contribution in [3.63, 3.8) is 0 Å². The smallest absolute Gasteiger partial charge is 0.138 e. The maximum absolute atomic E-state index is 11.6. The van der Waals surface area contributed by atoms with Crippen LogP contribution in [0.3, 0.4) is 0 Å². The lowest BCUT2D eigenvalue weighted by atomic mass is 10.0. The standard InChI is InChI=1S/C11H15BrOS/c1-3-8(2)6-9(13)7-11-10(12)4-5-14-11/h4-5,8H,3,6-7H2,1-2H3. The van der Waals surface area contributed by atoms with E-state index in [4.69, 9.17) is 0 Å². The van der Waals surface area contributed by atoms with Crippen LogP contribution in [-0.4, -0.2) is 5.78 Å². The number of Topliss-reactive ketones (excluding diaryl/α,β-unsaturated/α-hetero) is 1. The van der Waals surface area contributed by atoms with Crippen molar-refractivity contribution < 1.29 is 4.79 Å². The van der Waals surface area contributed by atoms with Gasteiger partial charge in [-0.05, 0) is 33.3 Å². The molecule has 0 aliphatic rings. The van der Waals surface area contributed by atoms with Crippen LogP contribution in [0.25, 0.3) is 0 Å². The highest BCUT2D eigenvalue weighted by molar-refractivity contribution is 9.10. The minimum absolute atomic E-state index is 0.350. The van der Waals surface area contributed by atoms with E-state index in [-0.39, 0.29) is 0 Å². The van der Waals surface area contributed by atoms with E-state index in [1.807, 2.05) is 11.4 Å². The number of halogens is 1. The number of hydrogen-bond acceptors (Lipinski definition) is 2. The molecule has 14 heavy (non-hydrogen) atoms. The summed E-state index contributed by atoms with van der Waals surface area (Å²) >= 11 is 5.08. The van der Waals surface area contributed by atoms with Gasteiger partial charge < -0.3 is 0 Å². The highest BCUT2D eigenvalue weighted by Crippen LogP contribution is 2.24. The van der Waals surface area contributed by atoms with Gasteiger partial charge in [0, 0.05) is 22.2 Å². The molecule has 0 amide bonds. The Balaban J connectivity index is 2.45. The summed E-state index contributed by atoms with van der Waals surface area (Å²) in [4.78, 5) is 12.8. The molecule has 0 aliphatic heterocycles. The molecule has 1 aromatic heterocycles. The number of carbonyl (C=O) groups is 1. The van der Waals surface area contributed by atoms with Crippen LogP contribution in [0.5, 0.6) is 0 Å². The van der Waals surface area contributed by atoms with E-state index in [0.29, 0.717) is 24.5 Å². The van der Waals surface area contributed by atoms with Crippen LogP contribution < -0.4 is 0 Å². The van der Waals surface area contributed by atoms with Crippen molar-refractivity contribution >= 4 is 33.0 Å². The van der Waals surface area contributed by atoms with E-state index < -0.39 is 0 Å². The first-order valence-electron chi connectivity index (χ1n) is 4.87. The maximum atomic E-state index is 11.6. The largest absolute Gasteiger partial charge is 0.299 e. The topological polar surface area (TPSA) is 17.1 Å². The van der Waals surface area contributed by atoms with Crippen LogP contribution in [-0.2, 0) is 11.2 Å². The summed E-state index contributed by atoms with van der Waals surface area (Å²) in [5, 5.41) is 2.01. The Kier molecular flexibility index (Phi) is 4.82. The monoisotopic (exact) mass is 274 g/mol. The Morgan fingerprint density at radius 3 is 2.86 bits per heavy atom. The summed E-state index contributed by atoms with van der Waals surface area (Å²) in [5.41, 5.74) is 0. The fourth-order valence-electron chi connectivity index (χ4n) is 1.24. The van der Waals surface area contributed by atoms with Crippen LogP contribution in [0.15, 0.2) is 15.9 Å². The number of rotatable bonds is 5. The van der Waals surface area contributed by atoms with Crippen LogP contribution in [0.4, 0.5) is 0 Å². The first-order valence-corrected chi connectivity index (χ1v) is 6.54. The van der Waals surface area contributed by atoms with Gasteiger partial charge in [-0.1, -0.05) is 20.3 Å². The molecule has 0 spiro atoms. The number of carbonyl (C=O) groups excluding carboxylic acids is 1. The summed E-state index contributed by atoms with van der Waals surface area (Å²) in [5.74, 6) is 0.865. The lowest BCUT2D eigenvalue weighted by molar-refractivity contribution is -0.119. The minimum atomic E-state index is 0.350. The lowest BCUT2D eigenvalue weighted by Gasteiger charge is -2.06. The second-order valence-corrected chi connectivity index (χ2v) is 5.48. The normalized spacial score (nSPS) is 12.8. The molecule has 0 N–H and O–H groups in total. The summed E-state index contributed by atoms with van der Waals surface area (Å²) in [7, 11) is 0. The SMILES string of the molecule is CCC(C)CC(=O)Cc1sccc1Br. The average molecular weight is 275 g/mol. The summed E-state index contributed by atoms with van der Waals surface area (Å²) < 4.78 is 1.07. The van der Waals surface area contributed by atoms with Crippen LogP contribution in [0.1, 0.15) is 31.6 Å². The van der Waals surface area contributed by atoms with E-state index >= 15 is 0 Å². The van der Waals surface area contributed by atoms with Gasteiger partial charge in [-0.2, -0.15) is 0 Å². The van der Waals surface area contributed by atoms with E-state index in [0.717, 1.165) is 15.8 Å². The van der Waals surface area contributed by atoms with Gasteiger partial charge in [0.25, 0.3) is 0 Å². The molecule has 1 rings (SSSR count). The Morgan fingerprint density at radius 2 is 2.36 bits per heavy atom. The predicted molar refractivity (Wildman–Crippen MR) is 64.8 cm³/mol. The molecule has 3 heteroatoms. The van der Waals surface area contributed by atoms with Crippen molar-refractivity contribution in [2.75, 3.05) is 0 Å². The predicted octanol–water partition coefficient (Wildman–Crippen LogP) is 4.06. The van der Waals surface area contributed by atoms with Crippen molar-refractivity contribution in [1.29, 1.82) is 0 Å². The van der Waals surface area contributed by atoms with E-state index in [9.17, 15) is 4.79 Å². The highest BCUT2D eigenvalue weighted by Gasteiger charge is 2.10. The summed E-state index contributed by atoms with van der Waals surface area (Å²) in [6.07, 6.45) is 2.38. The Hall–Kier alpha value is -0.150. The van der Waals surface area contributed by atoms with Crippen molar-refractivity contribution in [2.45, 2.75) is 33.1 Å². The molecule has 1 unspecified atom stereocenters. The summed E-state index contributed by atoms with van der Waals surface area (Å²) in [6, 6.07) is 2.00. The molecule has 0 fully saturated rings. The Labute approximate surface area is 97.7 Å². The Morgan fingerprint density at radius 1 is 1.64 bits per heavy atom. The maximum Gasteiger partial charge on any atom is 0.138 e. The molecule has 1 nitrogen and oxygen atoms in total. The molecule has 0 aromatic carbocycles. The molecule has 1 atom stereocenters. The van der Waals surface area contributed by atoms with Crippen LogP contribution in [0, 0.1) is 5.92 Å². The zero-order valence-electron chi connectivity index (χ0n) is 8.55. The molecule has 0 aliphatic carbocycles. The zero-order chi connectivity index (χ0) is 10.6. The van der Waals surface area contributed by atoms with Crippen molar-refractivity contribution in [2.24, 2.45) is 5.92 Å². The Bertz CT molecular complexity index is 306. The zero-order valence-corrected chi connectivity index (χ0v) is 11.0. The third-order valence-electron chi connectivity index (χ3n) is 2.32. The van der Waals surface area contributed by atoms with Gasteiger partial charge in [-0.25, -0.2) is 0 Å². The highest BCUT2D eigenvalue weighted by atomic mass is 79.9. The molecule has 0 radical (unpaired) electrons. The van der Waals surface area contributed by atoms with Crippen molar-refractivity contribution in [3.05, 3.63) is 20.8 Å². The minimum Gasteiger partial charge on any atom is -0.299 e. The molecule has 78 valence electrons. The number of ketones is 1. The first-order chi connectivity index (χ1) is 6.63. The van der Waals surface area contributed by atoms with Gasteiger partial charge in [-0.15, -0.1) is 11.3 Å². The molecule has 0 saturated carbocycles. The van der Waals surface area contributed by atoms with E-state index in [1.54, 1.807) is 11.3 Å². The fourth-order valence-corrected chi connectivity index (χ4v) is 2.76. The van der Waals surface area contributed by atoms with Crippen LogP contribution >= 0.6 is 27.3 Å². The van der Waals surface area contributed by atoms with Gasteiger partial charge in [0.1, 0.15) is 5.78 Å². The molecule has 0 bridgehead atoms. The molecule has 1 aromatic rings. The van der Waals surface area contributed by atoms with Crippen LogP contribution in [0.2, 0.25) is 0 Å². The average Bonchev–Trinajstić information content (AvgIpc) is 2.51. The number of hydrogen-bond donors (Lipinski definition) is 0. The van der Waals surface area contributed by atoms with Gasteiger partial charge in [0.15, 0.2) is 0 Å². The fraction of sp³-hybridized carbons (Fsp3) is 0.545. The summed E-state index contributed by atoms with van der Waals surface area (Å²) in [6.45, 7) is 4.25.